The molecule has 1 atom stereocenters. The minimum Gasteiger partial charge on any atom is -0.197 e. The van der Waals surface area contributed by atoms with Gasteiger partial charge in [-0.05, 0) is 30.5 Å². The standard InChI is InChI=1S/C15H13F6N/c1-2-13(10-22,7-8-14(16,17)18)9-11-3-5-12(6-4-11)15(19,20)21/h2-6H,1,7-9H2. The van der Waals surface area contributed by atoms with Crippen LogP contribution in [0.15, 0.2) is 36.9 Å². The third-order valence-electron chi connectivity index (χ3n) is 3.27. The topological polar surface area (TPSA) is 23.8 Å². The third-order valence-corrected chi connectivity index (χ3v) is 3.27. The highest BCUT2D eigenvalue weighted by Gasteiger charge is 2.35. The first-order valence-electron chi connectivity index (χ1n) is 6.29. The lowest BCUT2D eigenvalue weighted by atomic mass is 9.79. The molecule has 0 fully saturated rings. The normalized spacial score (nSPS) is 15.0. The van der Waals surface area contributed by atoms with Crippen LogP contribution in [-0.4, -0.2) is 6.18 Å². The van der Waals surface area contributed by atoms with Crippen LogP contribution in [0.2, 0.25) is 0 Å². The first-order chi connectivity index (χ1) is 10.0. The Bertz CT molecular complexity index is 549. The van der Waals surface area contributed by atoms with E-state index >= 15 is 0 Å². The summed E-state index contributed by atoms with van der Waals surface area (Å²) in [7, 11) is 0. The zero-order valence-corrected chi connectivity index (χ0v) is 11.4. The second-order valence-corrected chi connectivity index (χ2v) is 4.96. The smallest absolute Gasteiger partial charge is 0.197 e. The van der Waals surface area contributed by atoms with Crippen LogP contribution < -0.4 is 0 Å². The van der Waals surface area contributed by atoms with Crippen molar-refractivity contribution in [3.63, 3.8) is 0 Å². The van der Waals surface area contributed by atoms with Crippen molar-refractivity contribution in [1.29, 1.82) is 5.26 Å². The van der Waals surface area contributed by atoms with Gasteiger partial charge in [0.1, 0.15) is 0 Å². The van der Waals surface area contributed by atoms with Gasteiger partial charge in [-0.2, -0.15) is 31.6 Å². The van der Waals surface area contributed by atoms with Crippen LogP contribution >= 0.6 is 0 Å². The summed E-state index contributed by atoms with van der Waals surface area (Å²) in [6, 6.07) is 5.78. The fourth-order valence-electron chi connectivity index (χ4n) is 1.94. The lowest BCUT2D eigenvalue weighted by Crippen LogP contribution is -2.22. The molecular formula is C15H13F6N. The van der Waals surface area contributed by atoms with E-state index in [0.717, 1.165) is 30.3 Å². The average Bonchev–Trinajstić information content (AvgIpc) is 2.42. The van der Waals surface area contributed by atoms with Crippen molar-refractivity contribution in [2.45, 2.75) is 31.6 Å². The van der Waals surface area contributed by atoms with E-state index in [1.54, 1.807) is 6.07 Å². The number of benzene rings is 1. The van der Waals surface area contributed by atoms with Crippen molar-refractivity contribution in [2.75, 3.05) is 0 Å². The maximum Gasteiger partial charge on any atom is 0.416 e. The van der Waals surface area contributed by atoms with Gasteiger partial charge in [0.15, 0.2) is 0 Å². The highest BCUT2D eigenvalue weighted by atomic mass is 19.4. The first kappa shape index (κ1) is 18.1. The van der Waals surface area contributed by atoms with Crippen LogP contribution in [-0.2, 0) is 12.6 Å². The largest absolute Gasteiger partial charge is 0.416 e. The minimum absolute atomic E-state index is 0.124. The van der Waals surface area contributed by atoms with E-state index in [1.165, 1.54) is 0 Å². The fourth-order valence-corrected chi connectivity index (χ4v) is 1.94. The van der Waals surface area contributed by atoms with E-state index in [-0.39, 0.29) is 6.42 Å². The van der Waals surface area contributed by atoms with Crippen LogP contribution in [0.3, 0.4) is 0 Å². The molecule has 0 spiro atoms. The van der Waals surface area contributed by atoms with Gasteiger partial charge in [-0.1, -0.05) is 18.2 Å². The van der Waals surface area contributed by atoms with E-state index in [1.807, 2.05) is 0 Å². The molecule has 0 saturated carbocycles. The molecule has 0 saturated heterocycles. The zero-order chi connectivity index (χ0) is 17.0. The molecule has 1 nitrogen and oxygen atoms in total. The molecule has 0 N–H and O–H groups in total. The Morgan fingerprint density at radius 1 is 1.00 bits per heavy atom. The predicted molar refractivity (Wildman–Crippen MR) is 68.7 cm³/mol. The van der Waals surface area contributed by atoms with Crippen molar-refractivity contribution in [3.8, 4) is 6.07 Å². The summed E-state index contributed by atoms with van der Waals surface area (Å²) in [5.74, 6) is 0. The van der Waals surface area contributed by atoms with Gasteiger partial charge in [-0.25, -0.2) is 0 Å². The van der Waals surface area contributed by atoms with Crippen molar-refractivity contribution in [2.24, 2.45) is 5.41 Å². The van der Waals surface area contributed by atoms with E-state index in [4.69, 9.17) is 5.26 Å². The van der Waals surface area contributed by atoms with Crippen LogP contribution in [0.25, 0.3) is 0 Å². The molecule has 1 aromatic carbocycles. The van der Waals surface area contributed by atoms with Crippen molar-refractivity contribution in [3.05, 3.63) is 48.0 Å². The Balaban J connectivity index is 2.92. The number of allylic oxidation sites excluding steroid dienone is 1. The summed E-state index contributed by atoms with van der Waals surface area (Å²) >= 11 is 0. The summed E-state index contributed by atoms with van der Waals surface area (Å²) in [6.07, 6.45) is -9.55. The maximum atomic E-state index is 12.4. The summed E-state index contributed by atoms with van der Waals surface area (Å²) in [4.78, 5) is 0. The van der Waals surface area contributed by atoms with Gasteiger partial charge in [0.2, 0.25) is 0 Å². The van der Waals surface area contributed by atoms with Crippen LogP contribution in [0.4, 0.5) is 26.3 Å². The lowest BCUT2D eigenvalue weighted by molar-refractivity contribution is -0.139. The lowest BCUT2D eigenvalue weighted by Gasteiger charge is -2.23. The molecule has 1 unspecified atom stereocenters. The van der Waals surface area contributed by atoms with Gasteiger partial charge in [0.05, 0.1) is 17.0 Å². The molecule has 0 aliphatic carbocycles. The Morgan fingerprint density at radius 2 is 1.55 bits per heavy atom. The average molecular weight is 321 g/mol. The molecule has 0 aliphatic rings. The van der Waals surface area contributed by atoms with Gasteiger partial charge in [-0.15, -0.1) is 6.58 Å². The molecule has 120 valence electrons. The fraction of sp³-hybridized carbons (Fsp3) is 0.400. The van der Waals surface area contributed by atoms with Gasteiger partial charge in [0, 0.05) is 6.42 Å². The molecule has 0 heterocycles. The van der Waals surface area contributed by atoms with Crippen LogP contribution in [0.1, 0.15) is 24.0 Å². The SMILES string of the molecule is C=CC(C#N)(CCC(F)(F)F)Cc1ccc(C(F)(F)F)cc1. The van der Waals surface area contributed by atoms with Crippen molar-refractivity contribution in [1.82, 2.24) is 0 Å². The summed E-state index contributed by atoms with van der Waals surface area (Å²) in [5, 5.41) is 9.15. The minimum atomic E-state index is -4.49. The Hall–Kier alpha value is -1.97. The van der Waals surface area contributed by atoms with Crippen molar-refractivity contribution < 1.29 is 26.3 Å². The predicted octanol–water partition coefficient (Wildman–Crippen LogP) is 5.29. The maximum absolute atomic E-state index is 12.4. The number of nitrogens with zero attached hydrogens (tertiary/aromatic N) is 1. The number of halogens is 6. The van der Waals surface area contributed by atoms with E-state index in [0.29, 0.717) is 5.56 Å². The second kappa shape index (κ2) is 6.42. The number of hydrogen-bond acceptors (Lipinski definition) is 1. The quantitative estimate of drug-likeness (QED) is 0.534. The van der Waals surface area contributed by atoms with Gasteiger partial charge in [0.25, 0.3) is 0 Å². The van der Waals surface area contributed by atoms with E-state index in [2.05, 4.69) is 6.58 Å². The molecule has 0 aliphatic heterocycles. The zero-order valence-electron chi connectivity index (χ0n) is 11.4. The molecule has 0 radical (unpaired) electrons. The number of hydrogen-bond donors (Lipinski definition) is 0. The first-order valence-corrected chi connectivity index (χ1v) is 6.29. The molecule has 0 amide bonds. The van der Waals surface area contributed by atoms with Crippen LogP contribution in [0, 0.1) is 16.7 Å². The van der Waals surface area contributed by atoms with E-state index < -0.39 is 36.2 Å². The molecular weight excluding hydrogens is 308 g/mol. The second-order valence-electron chi connectivity index (χ2n) is 4.96. The van der Waals surface area contributed by atoms with E-state index in [9.17, 15) is 26.3 Å². The number of nitriles is 1. The Labute approximate surface area is 123 Å². The third kappa shape index (κ3) is 5.10. The highest BCUT2D eigenvalue weighted by molar-refractivity contribution is 5.28. The molecule has 1 aromatic rings. The molecule has 22 heavy (non-hydrogen) atoms. The molecule has 7 heteroatoms. The molecule has 1 rings (SSSR count). The number of rotatable bonds is 5. The Morgan fingerprint density at radius 3 is 1.91 bits per heavy atom. The molecule has 0 bridgehead atoms. The van der Waals surface area contributed by atoms with Gasteiger partial charge >= 0.3 is 12.4 Å². The van der Waals surface area contributed by atoms with Crippen molar-refractivity contribution >= 4 is 0 Å². The summed E-state index contributed by atoms with van der Waals surface area (Å²) in [6.45, 7) is 3.39. The molecule has 0 aromatic heterocycles. The monoisotopic (exact) mass is 321 g/mol. The summed E-state index contributed by atoms with van der Waals surface area (Å²) in [5.41, 5.74) is -1.97. The van der Waals surface area contributed by atoms with Gasteiger partial charge < -0.3 is 0 Å². The van der Waals surface area contributed by atoms with Crippen LogP contribution in [0.5, 0.6) is 0 Å². The number of alkyl halides is 6. The Kier molecular flexibility index (Phi) is 5.28. The summed E-state index contributed by atoms with van der Waals surface area (Å²) < 4.78 is 74.3. The highest BCUT2D eigenvalue weighted by Crippen LogP contribution is 2.35. The van der Waals surface area contributed by atoms with Gasteiger partial charge in [-0.3, -0.25) is 0 Å².